The average Bonchev–Trinajstić information content (AvgIpc) is 1.94. The van der Waals surface area contributed by atoms with E-state index in [9.17, 15) is 0 Å². The Balaban J connectivity index is 0.000001000. The first-order chi connectivity index (χ1) is 4.84. The summed E-state index contributed by atoms with van der Waals surface area (Å²) in [5.74, 6) is 0. The molecule has 0 unspecified atom stereocenters. The molecule has 0 aliphatic carbocycles. The van der Waals surface area contributed by atoms with Gasteiger partial charge in [-0.05, 0) is 13.0 Å². The quantitative estimate of drug-likeness (QED) is 0.612. The molecule has 0 bridgehead atoms. The Hall–Kier alpha value is -0.158. The van der Waals surface area contributed by atoms with Crippen LogP contribution < -0.4 is 5.73 Å². The normalized spacial score (nSPS) is 8.91. The van der Waals surface area contributed by atoms with Gasteiger partial charge in [-0.25, -0.2) is 0 Å². The van der Waals surface area contributed by atoms with Crippen molar-refractivity contribution in [2.45, 2.75) is 13.3 Å². The molecule has 0 aliphatic heterocycles. The zero-order chi connectivity index (χ0) is 7.40. The molecule has 2 heteroatoms. The fourth-order valence-corrected chi connectivity index (χ4v) is 0.969. The van der Waals surface area contributed by atoms with Crippen molar-refractivity contribution in [3.05, 3.63) is 35.4 Å². The summed E-state index contributed by atoms with van der Waals surface area (Å²) < 4.78 is 0. The van der Waals surface area contributed by atoms with Crippen molar-refractivity contribution < 1.29 is 20.4 Å². The fraction of sp³-hybridized carbons (Fsp3) is 0.333. The summed E-state index contributed by atoms with van der Waals surface area (Å²) in [5.41, 5.74) is 7.94. The molecule has 0 spiro atoms. The van der Waals surface area contributed by atoms with Gasteiger partial charge in [0.05, 0.1) is 0 Å². The van der Waals surface area contributed by atoms with Crippen LogP contribution in [0.5, 0.6) is 0 Å². The van der Waals surface area contributed by atoms with Crippen LogP contribution in [0.1, 0.15) is 11.1 Å². The Morgan fingerprint density at radius 3 is 2.82 bits per heavy atom. The van der Waals surface area contributed by atoms with Gasteiger partial charge in [0.2, 0.25) is 0 Å². The minimum atomic E-state index is 0. The molecule has 0 aromatic heterocycles. The molecule has 1 nitrogen and oxygen atoms in total. The number of nitrogens with two attached hydrogens (primary N) is 1. The molecule has 1 rings (SSSR count). The van der Waals surface area contributed by atoms with Gasteiger partial charge in [-0.3, -0.25) is 0 Å². The predicted molar refractivity (Wildman–Crippen MR) is 42.8 cm³/mol. The zero-order valence-corrected chi connectivity index (χ0v) is 8.09. The van der Waals surface area contributed by atoms with Gasteiger partial charge in [-0.15, -0.1) is 0 Å². The van der Waals surface area contributed by atoms with Gasteiger partial charge < -0.3 is 5.73 Å². The first-order valence-electron chi connectivity index (χ1n) is 3.51. The third-order valence-corrected chi connectivity index (χ3v) is 1.57. The van der Waals surface area contributed by atoms with E-state index in [0.29, 0.717) is 6.54 Å². The molecule has 1 aromatic carbocycles. The van der Waals surface area contributed by atoms with E-state index in [-0.39, 0.29) is 20.4 Å². The molecule has 0 aliphatic rings. The van der Waals surface area contributed by atoms with Crippen molar-refractivity contribution in [3.63, 3.8) is 0 Å². The molecule has 0 atom stereocenters. The summed E-state index contributed by atoms with van der Waals surface area (Å²) in [6.45, 7) is 2.79. The molecule has 0 amide bonds. The Labute approximate surface area is 81.6 Å². The fourth-order valence-electron chi connectivity index (χ4n) is 0.969. The summed E-state index contributed by atoms with van der Waals surface area (Å²) in [6.07, 6.45) is 0.937. The smallest absolute Gasteiger partial charge is 0 e. The summed E-state index contributed by atoms with van der Waals surface area (Å²) in [5, 5.41) is 0. The predicted octanol–water partition coefficient (Wildman–Crippen LogP) is 1.29. The van der Waals surface area contributed by atoms with E-state index in [4.69, 9.17) is 5.73 Å². The monoisotopic (exact) mass is 240 g/mol. The van der Waals surface area contributed by atoms with Crippen LogP contribution in [-0.4, -0.2) is 6.54 Å². The second-order valence-corrected chi connectivity index (χ2v) is 2.37. The van der Waals surface area contributed by atoms with Crippen molar-refractivity contribution in [1.82, 2.24) is 0 Å². The molecule has 0 saturated heterocycles. The summed E-state index contributed by atoms with van der Waals surface area (Å²) in [7, 11) is 0. The van der Waals surface area contributed by atoms with Gasteiger partial charge >= 0.3 is 0 Å². The first kappa shape index (κ1) is 10.8. The minimum absolute atomic E-state index is 0. The van der Waals surface area contributed by atoms with Gasteiger partial charge in [0, 0.05) is 20.4 Å². The van der Waals surface area contributed by atoms with Crippen molar-refractivity contribution in [3.8, 4) is 0 Å². The van der Waals surface area contributed by atoms with Crippen LogP contribution >= 0.6 is 0 Å². The van der Waals surface area contributed by atoms with E-state index in [2.05, 4.69) is 19.1 Å². The van der Waals surface area contributed by atoms with E-state index in [1.165, 1.54) is 11.1 Å². The maximum atomic E-state index is 5.41. The third kappa shape index (κ3) is 3.16. The van der Waals surface area contributed by atoms with Crippen molar-refractivity contribution in [1.29, 1.82) is 0 Å². The number of rotatable bonds is 2. The molecule has 0 radical (unpaired) electrons. The van der Waals surface area contributed by atoms with Crippen LogP contribution in [0, 0.1) is 13.0 Å². The zero-order valence-electron chi connectivity index (χ0n) is 6.54. The van der Waals surface area contributed by atoms with Crippen molar-refractivity contribution in [2.75, 3.05) is 6.54 Å². The number of hydrogen-bond acceptors (Lipinski definition) is 1. The largest absolute Gasteiger partial charge is 0.330 e. The van der Waals surface area contributed by atoms with Crippen LogP contribution in [0.15, 0.2) is 18.2 Å². The Morgan fingerprint density at radius 2 is 2.27 bits per heavy atom. The molecule has 11 heavy (non-hydrogen) atoms. The van der Waals surface area contributed by atoms with Crippen molar-refractivity contribution in [2.24, 2.45) is 5.73 Å². The van der Waals surface area contributed by atoms with Crippen LogP contribution in [0.2, 0.25) is 0 Å². The Morgan fingerprint density at radius 1 is 1.55 bits per heavy atom. The van der Waals surface area contributed by atoms with E-state index in [0.717, 1.165) is 6.42 Å². The molecule has 0 saturated carbocycles. The minimum Gasteiger partial charge on any atom is -0.330 e. The number of aryl methyl sites for hydroxylation is 1. The second kappa shape index (κ2) is 5.49. The van der Waals surface area contributed by atoms with E-state index in [1.807, 2.05) is 12.1 Å². The van der Waals surface area contributed by atoms with Gasteiger partial charge in [0.25, 0.3) is 0 Å². The summed E-state index contributed by atoms with van der Waals surface area (Å²) in [6, 6.07) is 9.17. The average molecular weight is 241 g/mol. The van der Waals surface area contributed by atoms with Gasteiger partial charge in [-0.1, -0.05) is 6.92 Å². The number of hydrogen-bond donors (Lipinski definition) is 1. The summed E-state index contributed by atoms with van der Waals surface area (Å²) in [4.78, 5) is 0. The first-order valence-corrected chi connectivity index (χ1v) is 3.51. The molecule has 2 N–H and O–H groups in total. The summed E-state index contributed by atoms with van der Waals surface area (Å²) >= 11 is 0. The SMILES string of the molecule is Cc1ccc[c-]c1CCN.[Pd]. The van der Waals surface area contributed by atoms with Gasteiger partial charge in [0.15, 0.2) is 0 Å². The van der Waals surface area contributed by atoms with Crippen LogP contribution in [-0.2, 0) is 26.8 Å². The maximum absolute atomic E-state index is 5.41. The third-order valence-electron chi connectivity index (χ3n) is 1.57. The van der Waals surface area contributed by atoms with E-state index in [1.54, 1.807) is 0 Å². The topological polar surface area (TPSA) is 26.0 Å². The van der Waals surface area contributed by atoms with Crippen LogP contribution in [0.4, 0.5) is 0 Å². The molecular formula is C9H12NPd-. The van der Waals surface area contributed by atoms with Crippen LogP contribution in [0.3, 0.4) is 0 Å². The molecule has 0 heterocycles. The maximum Gasteiger partial charge on any atom is 0 e. The Bertz CT molecular complexity index is 210. The molecule has 1 aromatic rings. The standard InChI is InChI=1S/C9H12N.Pd/c1-8-4-2-3-5-9(8)6-7-10;/h2-4H,6-7,10H2,1H3;/q-1;. The molecule has 64 valence electrons. The van der Waals surface area contributed by atoms with E-state index >= 15 is 0 Å². The number of benzene rings is 1. The Kier molecular flexibility index (Phi) is 5.41. The second-order valence-electron chi connectivity index (χ2n) is 2.37. The van der Waals surface area contributed by atoms with Crippen LogP contribution in [0.25, 0.3) is 0 Å². The van der Waals surface area contributed by atoms with E-state index < -0.39 is 0 Å². The van der Waals surface area contributed by atoms with Crippen molar-refractivity contribution >= 4 is 0 Å². The molecule has 0 fully saturated rings. The molecular weight excluding hydrogens is 229 g/mol. The van der Waals surface area contributed by atoms with Gasteiger partial charge in [-0.2, -0.15) is 35.4 Å². The van der Waals surface area contributed by atoms with Gasteiger partial charge in [0.1, 0.15) is 0 Å².